The first-order chi connectivity index (χ1) is 8.34. The van der Waals surface area contributed by atoms with Crippen molar-refractivity contribution in [1.82, 2.24) is 0 Å². The molecule has 0 radical (unpaired) electrons. The van der Waals surface area contributed by atoms with E-state index in [9.17, 15) is 13.2 Å². The number of anilines is 2. The minimum atomic E-state index is -3.81. The highest BCUT2D eigenvalue weighted by Crippen LogP contribution is 2.25. The van der Waals surface area contributed by atoms with Crippen molar-refractivity contribution in [2.24, 2.45) is 0 Å². The van der Waals surface area contributed by atoms with E-state index in [2.05, 4.69) is 25.4 Å². The van der Waals surface area contributed by atoms with Crippen molar-refractivity contribution in [1.29, 1.82) is 0 Å². The summed E-state index contributed by atoms with van der Waals surface area (Å²) in [5.74, 6) is -1.53. The van der Waals surface area contributed by atoms with Crippen LogP contribution in [0, 0.1) is 0 Å². The third kappa shape index (κ3) is 4.53. The molecule has 0 amide bonds. The fourth-order valence-electron chi connectivity index (χ4n) is 1.18. The number of ether oxygens (including phenoxy) is 1. The Bertz CT molecular complexity index is 545. The van der Waals surface area contributed by atoms with E-state index in [1.165, 1.54) is 6.07 Å². The summed E-state index contributed by atoms with van der Waals surface area (Å²) >= 11 is 3.18. The van der Waals surface area contributed by atoms with E-state index in [4.69, 9.17) is 5.73 Å². The van der Waals surface area contributed by atoms with Gasteiger partial charge in [-0.1, -0.05) is 0 Å². The Balaban J connectivity index is 2.82. The number of hydrogen-bond acceptors (Lipinski definition) is 5. The van der Waals surface area contributed by atoms with Crippen molar-refractivity contribution in [2.45, 2.75) is 6.92 Å². The first-order valence-corrected chi connectivity index (χ1v) is 7.49. The van der Waals surface area contributed by atoms with Crippen LogP contribution in [-0.4, -0.2) is 26.7 Å². The fourth-order valence-corrected chi connectivity index (χ4v) is 2.63. The molecule has 0 aliphatic carbocycles. The summed E-state index contributed by atoms with van der Waals surface area (Å²) in [7, 11) is -3.81. The molecule has 1 rings (SSSR count). The number of carbonyl (C=O) groups excluding carboxylic acids is 1. The SMILES string of the molecule is CCOC(=O)CS(=O)(=O)Nc1cc(N)ccc1Br. The van der Waals surface area contributed by atoms with E-state index in [0.717, 1.165) is 0 Å². The van der Waals surface area contributed by atoms with Crippen molar-refractivity contribution < 1.29 is 17.9 Å². The second-order valence-corrected chi connectivity index (χ2v) is 5.98. The number of esters is 1. The molecule has 8 heteroatoms. The molecule has 0 aromatic heterocycles. The van der Waals surface area contributed by atoms with Crippen LogP contribution in [0.25, 0.3) is 0 Å². The van der Waals surface area contributed by atoms with Crippen molar-refractivity contribution in [3.63, 3.8) is 0 Å². The third-order valence-electron chi connectivity index (χ3n) is 1.87. The highest BCUT2D eigenvalue weighted by atomic mass is 79.9. The van der Waals surface area contributed by atoms with Gasteiger partial charge in [-0.25, -0.2) is 8.42 Å². The van der Waals surface area contributed by atoms with Crippen LogP contribution in [0.3, 0.4) is 0 Å². The van der Waals surface area contributed by atoms with E-state index in [0.29, 0.717) is 10.2 Å². The van der Waals surface area contributed by atoms with Gasteiger partial charge in [-0.05, 0) is 41.1 Å². The molecule has 0 aliphatic heterocycles. The lowest BCUT2D eigenvalue weighted by Gasteiger charge is -2.09. The molecule has 0 bridgehead atoms. The molecule has 0 saturated carbocycles. The van der Waals surface area contributed by atoms with Crippen LogP contribution in [0.1, 0.15) is 6.92 Å². The number of benzene rings is 1. The largest absolute Gasteiger partial charge is 0.465 e. The van der Waals surface area contributed by atoms with Gasteiger partial charge in [0.1, 0.15) is 0 Å². The second-order valence-electron chi connectivity index (χ2n) is 3.41. The summed E-state index contributed by atoms with van der Waals surface area (Å²) < 4.78 is 30.7. The molecule has 0 atom stereocenters. The molecule has 0 fully saturated rings. The Kier molecular flexibility index (Phi) is 4.97. The van der Waals surface area contributed by atoms with Crippen LogP contribution < -0.4 is 10.5 Å². The summed E-state index contributed by atoms with van der Waals surface area (Å²) in [6.45, 7) is 1.74. The van der Waals surface area contributed by atoms with Gasteiger partial charge in [0, 0.05) is 10.2 Å². The zero-order chi connectivity index (χ0) is 13.8. The Hall–Kier alpha value is -1.28. The summed E-state index contributed by atoms with van der Waals surface area (Å²) in [6.07, 6.45) is 0. The number of halogens is 1. The van der Waals surface area contributed by atoms with Crippen molar-refractivity contribution in [3.05, 3.63) is 22.7 Å². The molecule has 0 aliphatic rings. The Labute approximate surface area is 114 Å². The molecule has 100 valence electrons. The van der Waals surface area contributed by atoms with E-state index in [-0.39, 0.29) is 12.3 Å². The number of nitrogens with one attached hydrogen (secondary N) is 1. The van der Waals surface area contributed by atoms with Gasteiger partial charge in [-0.2, -0.15) is 0 Å². The maximum atomic E-state index is 11.7. The van der Waals surface area contributed by atoms with E-state index >= 15 is 0 Å². The monoisotopic (exact) mass is 336 g/mol. The van der Waals surface area contributed by atoms with Crippen molar-refractivity contribution in [3.8, 4) is 0 Å². The highest BCUT2D eigenvalue weighted by molar-refractivity contribution is 9.10. The maximum Gasteiger partial charge on any atom is 0.323 e. The predicted octanol–water partition coefficient (Wildman–Crippen LogP) is 1.34. The molecule has 6 nitrogen and oxygen atoms in total. The molecular formula is C10H13BrN2O4S. The summed E-state index contributed by atoms with van der Waals surface area (Å²) in [4.78, 5) is 11.1. The van der Waals surface area contributed by atoms with Gasteiger partial charge in [0.2, 0.25) is 10.0 Å². The molecule has 0 spiro atoms. The predicted molar refractivity (Wildman–Crippen MR) is 72.6 cm³/mol. The number of nitrogens with two attached hydrogens (primary N) is 1. The van der Waals surface area contributed by atoms with E-state index in [1.54, 1.807) is 19.1 Å². The standard InChI is InChI=1S/C10H13BrN2O4S/c1-2-17-10(14)6-18(15,16)13-9-5-7(12)3-4-8(9)11/h3-5,13H,2,6,12H2,1H3. The lowest BCUT2D eigenvalue weighted by molar-refractivity contribution is -0.139. The van der Waals surface area contributed by atoms with Gasteiger partial charge in [-0.3, -0.25) is 9.52 Å². The minimum Gasteiger partial charge on any atom is -0.465 e. The topological polar surface area (TPSA) is 98.5 Å². The maximum absolute atomic E-state index is 11.7. The van der Waals surface area contributed by atoms with Gasteiger partial charge >= 0.3 is 5.97 Å². The average Bonchev–Trinajstić information content (AvgIpc) is 2.22. The third-order valence-corrected chi connectivity index (χ3v) is 3.71. The molecular weight excluding hydrogens is 324 g/mol. The summed E-state index contributed by atoms with van der Waals surface area (Å²) in [6, 6.07) is 4.68. The first-order valence-electron chi connectivity index (χ1n) is 5.05. The quantitative estimate of drug-likeness (QED) is 0.624. The summed E-state index contributed by atoms with van der Waals surface area (Å²) in [5.41, 5.74) is 6.23. The molecule has 3 N–H and O–H groups in total. The molecule has 0 unspecified atom stereocenters. The lowest BCUT2D eigenvalue weighted by atomic mass is 10.3. The molecule has 0 saturated heterocycles. The first kappa shape index (κ1) is 14.8. The van der Waals surface area contributed by atoms with Gasteiger partial charge < -0.3 is 10.5 Å². The van der Waals surface area contributed by atoms with Crippen LogP contribution in [-0.2, 0) is 19.6 Å². The van der Waals surface area contributed by atoms with Gasteiger partial charge in [0.25, 0.3) is 0 Å². The van der Waals surface area contributed by atoms with Crippen LogP contribution in [0.2, 0.25) is 0 Å². The minimum absolute atomic E-state index is 0.135. The van der Waals surface area contributed by atoms with Crippen LogP contribution in [0.4, 0.5) is 11.4 Å². The number of carbonyl (C=O) groups is 1. The van der Waals surface area contributed by atoms with Crippen LogP contribution in [0.15, 0.2) is 22.7 Å². The number of sulfonamides is 1. The van der Waals surface area contributed by atoms with Gasteiger partial charge in [0.15, 0.2) is 5.75 Å². The number of rotatable bonds is 5. The second kappa shape index (κ2) is 6.05. The van der Waals surface area contributed by atoms with Crippen molar-refractivity contribution >= 4 is 43.3 Å². The van der Waals surface area contributed by atoms with Gasteiger partial charge in [0.05, 0.1) is 12.3 Å². The van der Waals surface area contributed by atoms with Gasteiger partial charge in [-0.15, -0.1) is 0 Å². The number of hydrogen-bond donors (Lipinski definition) is 2. The van der Waals surface area contributed by atoms with Crippen LogP contribution in [0.5, 0.6) is 0 Å². The number of nitrogen functional groups attached to an aromatic ring is 1. The Morgan fingerprint density at radius 2 is 2.17 bits per heavy atom. The van der Waals surface area contributed by atoms with Crippen LogP contribution >= 0.6 is 15.9 Å². The average molecular weight is 337 g/mol. The van der Waals surface area contributed by atoms with Crippen molar-refractivity contribution in [2.75, 3.05) is 22.8 Å². The molecule has 1 aromatic carbocycles. The normalized spacial score (nSPS) is 11.0. The van der Waals surface area contributed by atoms with E-state index in [1.807, 2.05) is 0 Å². The molecule has 1 aromatic rings. The zero-order valence-corrected chi connectivity index (χ0v) is 12.0. The molecule has 0 heterocycles. The lowest BCUT2D eigenvalue weighted by Crippen LogP contribution is -2.24. The molecule has 18 heavy (non-hydrogen) atoms. The smallest absolute Gasteiger partial charge is 0.323 e. The Morgan fingerprint density at radius 3 is 2.78 bits per heavy atom. The van der Waals surface area contributed by atoms with E-state index < -0.39 is 21.7 Å². The Morgan fingerprint density at radius 1 is 1.50 bits per heavy atom. The highest BCUT2D eigenvalue weighted by Gasteiger charge is 2.18. The zero-order valence-electron chi connectivity index (χ0n) is 9.64. The summed E-state index contributed by atoms with van der Waals surface area (Å²) in [5, 5.41) is 0. The fraction of sp³-hybridized carbons (Fsp3) is 0.300.